The highest BCUT2D eigenvalue weighted by molar-refractivity contribution is 5.95. The number of ether oxygens (including phenoxy) is 1. The first-order valence-corrected chi connectivity index (χ1v) is 7.39. The predicted octanol–water partition coefficient (Wildman–Crippen LogP) is 1.83. The molecule has 1 saturated carbocycles. The van der Waals surface area contributed by atoms with E-state index in [2.05, 4.69) is 4.90 Å². The molecule has 5 nitrogen and oxygen atoms in total. The smallest absolute Gasteiger partial charge is 0.253 e. The number of amides is 1. The Labute approximate surface area is 126 Å². The zero-order valence-electron chi connectivity index (χ0n) is 13.1. The van der Waals surface area contributed by atoms with Crippen LogP contribution in [0.1, 0.15) is 23.2 Å². The van der Waals surface area contributed by atoms with E-state index in [9.17, 15) is 4.79 Å². The largest absolute Gasteiger partial charge is 0.397 e. The minimum absolute atomic E-state index is 0.0383. The van der Waals surface area contributed by atoms with Crippen molar-refractivity contribution in [3.63, 3.8) is 0 Å². The molecule has 0 unspecified atom stereocenters. The molecule has 21 heavy (non-hydrogen) atoms. The molecule has 0 saturated heterocycles. The first-order chi connectivity index (χ1) is 9.99. The van der Waals surface area contributed by atoms with Gasteiger partial charge >= 0.3 is 0 Å². The third-order valence-corrected chi connectivity index (χ3v) is 3.71. The van der Waals surface area contributed by atoms with Gasteiger partial charge in [-0.3, -0.25) is 4.79 Å². The van der Waals surface area contributed by atoms with Gasteiger partial charge in [0.2, 0.25) is 0 Å². The Bertz CT molecular complexity index is 498. The molecule has 1 aliphatic rings. The van der Waals surface area contributed by atoms with Crippen LogP contribution in [0.15, 0.2) is 18.2 Å². The zero-order chi connectivity index (χ0) is 15.4. The second kappa shape index (κ2) is 6.80. The lowest BCUT2D eigenvalue weighted by Gasteiger charge is -2.22. The number of hydrogen-bond acceptors (Lipinski definition) is 4. The Kier molecular flexibility index (Phi) is 5.07. The lowest BCUT2D eigenvalue weighted by atomic mass is 10.1. The molecule has 0 bridgehead atoms. The Morgan fingerprint density at radius 1 is 1.33 bits per heavy atom. The molecule has 5 heteroatoms. The van der Waals surface area contributed by atoms with E-state index in [-0.39, 0.29) is 5.91 Å². The molecule has 1 amide bonds. The molecule has 0 heterocycles. The number of anilines is 2. The highest BCUT2D eigenvalue weighted by Gasteiger charge is 2.21. The fourth-order valence-electron chi connectivity index (χ4n) is 2.15. The van der Waals surface area contributed by atoms with Crippen molar-refractivity contribution in [3.8, 4) is 0 Å². The second-order valence-corrected chi connectivity index (χ2v) is 5.91. The summed E-state index contributed by atoms with van der Waals surface area (Å²) in [7, 11) is 5.45. The van der Waals surface area contributed by atoms with E-state index < -0.39 is 0 Å². The number of likely N-dealkylation sites (N-methyl/N-ethyl adjacent to an activating group) is 1. The van der Waals surface area contributed by atoms with E-state index >= 15 is 0 Å². The average molecular weight is 291 g/mol. The summed E-state index contributed by atoms with van der Waals surface area (Å²) in [6.45, 7) is 2.36. The van der Waals surface area contributed by atoms with Gasteiger partial charge in [0.25, 0.3) is 5.91 Å². The van der Waals surface area contributed by atoms with Crippen LogP contribution in [0.2, 0.25) is 0 Å². The summed E-state index contributed by atoms with van der Waals surface area (Å²) in [4.78, 5) is 15.5. The number of nitrogen functional groups attached to an aromatic ring is 1. The van der Waals surface area contributed by atoms with Gasteiger partial charge in [0.15, 0.2) is 0 Å². The number of hydrogen-bond donors (Lipinski definition) is 1. The van der Waals surface area contributed by atoms with Gasteiger partial charge in [0.05, 0.1) is 18.0 Å². The SMILES string of the molecule is CN(C)C(=O)c1ccc(N(C)CCOCC2CC2)c(N)c1. The molecule has 2 rings (SSSR count). The summed E-state index contributed by atoms with van der Waals surface area (Å²) in [6, 6.07) is 5.45. The topological polar surface area (TPSA) is 58.8 Å². The van der Waals surface area contributed by atoms with Crippen molar-refractivity contribution in [3.05, 3.63) is 23.8 Å². The van der Waals surface area contributed by atoms with Crippen LogP contribution in [-0.4, -0.2) is 51.7 Å². The lowest BCUT2D eigenvalue weighted by molar-refractivity contribution is 0.0827. The van der Waals surface area contributed by atoms with Crippen molar-refractivity contribution in [2.24, 2.45) is 5.92 Å². The Morgan fingerprint density at radius 2 is 2.05 bits per heavy atom. The third-order valence-electron chi connectivity index (χ3n) is 3.71. The van der Waals surface area contributed by atoms with E-state index in [0.29, 0.717) is 17.9 Å². The molecule has 0 spiro atoms. The summed E-state index contributed by atoms with van der Waals surface area (Å²) < 4.78 is 5.64. The average Bonchev–Trinajstić information content (AvgIpc) is 3.26. The molecule has 2 N–H and O–H groups in total. The maximum Gasteiger partial charge on any atom is 0.253 e. The Balaban J connectivity index is 1.90. The predicted molar refractivity (Wildman–Crippen MR) is 85.7 cm³/mol. The fourth-order valence-corrected chi connectivity index (χ4v) is 2.15. The minimum atomic E-state index is -0.0383. The van der Waals surface area contributed by atoms with Gasteiger partial charge in [-0.1, -0.05) is 0 Å². The van der Waals surface area contributed by atoms with E-state index in [1.54, 1.807) is 25.1 Å². The van der Waals surface area contributed by atoms with E-state index in [1.807, 2.05) is 19.2 Å². The van der Waals surface area contributed by atoms with Crippen molar-refractivity contribution >= 4 is 17.3 Å². The van der Waals surface area contributed by atoms with Crippen LogP contribution in [0.3, 0.4) is 0 Å². The van der Waals surface area contributed by atoms with E-state index in [4.69, 9.17) is 10.5 Å². The standard InChI is InChI=1S/C16H25N3O2/c1-18(2)16(20)13-6-7-15(14(17)10-13)19(3)8-9-21-11-12-4-5-12/h6-7,10,12H,4-5,8-9,11,17H2,1-3H3. The summed E-state index contributed by atoms with van der Waals surface area (Å²) in [6.07, 6.45) is 2.62. The molecule has 1 aliphatic carbocycles. The normalized spacial score (nSPS) is 14.0. The number of benzene rings is 1. The monoisotopic (exact) mass is 291 g/mol. The molecule has 0 atom stereocenters. The molecular formula is C16H25N3O2. The first-order valence-electron chi connectivity index (χ1n) is 7.39. The van der Waals surface area contributed by atoms with Crippen LogP contribution < -0.4 is 10.6 Å². The maximum atomic E-state index is 11.9. The van der Waals surface area contributed by atoms with Crippen molar-refractivity contribution in [2.75, 3.05) is 51.5 Å². The van der Waals surface area contributed by atoms with Crippen LogP contribution in [0, 0.1) is 5.92 Å². The van der Waals surface area contributed by atoms with Gasteiger partial charge in [-0.2, -0.15) is 0 Å². The summed E-state index contributed by atoms with van der Waals surface area (Å²) in [5.41, 5.74) is 8.23. The summed E-state index contributed by atoms with van der Waals surface area (Å²) in [5.74, 6) is 0.750. The highest BCUT2D eigenvalue weighted by atomic mass is 16.5. The molecule has 1 fully saturated rings. The molecule has 116 valence electrons. The lowest BCUT2D eigenvalue weighted by Crippen LogP contribution is -2.25. The van der Waals surface area contributed by atoms with E-state index in [1.165, 1.54) is 12.8 Å². The summed E-state index contributed by atoms with van der Waals surface area (Å²) in [5, 5.41) is 0. The molecule has 0 radical (unpaired) electrons. The molecule has 0 aliphatic heterocycles. The highest BCUT2D eigenvalue weighted by Crippen LogP contribution is 2.29. The number of nitrogens with two attached hydrogens (primary N) is 1. The van der Waals surface area contributed by atoms with Crippen molar-refractivity contribution < 1.29 is 9.53 Å². The molecule has 1 aromatic rings. The molecule has 1 aromatic carbocycles. The zero-order valence-corrected chi connectivity index (χ0v) is 13.1. The number of nitrogens with zero attached hydrogens (tertiary/aromatic N) is 2. The minimum Gasteiger partial charge on any atom is -0.397 e. The van der Waals surface area contributed by atoms with Crippen molar-refractivity contribution in [2.45, 2.75) is 12.8 Å². The quantitative estimate of drug-likeness (QED) is 0.615. The van der Waals surface area contributed by atoms with Gasteiger partial charge in [-0.15, -0.1) is 0 Å². The number of carbonyl (C=O) groups is 1. The van der Waals surface area contributed by atoms with Gasteiger partial charge in [-0.05, 0) is 37.0 Å². The third kappa shape index (κ3) is 4.36. The van der Waals surface area contributed by atoms with Gasteiger partial charge in [-0.25, -0.2) is 0 Å². The maximum absolute atomic E-state index is 11.9. The molecule has 0 aromatic heterocycles. The van der Waals surface area contributed by atoms with Crippen LogP contribution in [-0.2, 0) is 4.74 Å². The van der Waals surface area contributed by atoms with Crippen molar-refractivity contribution in [1.82, 2.24) is 4.90 Å². The second-order valence-electron chi connectivity index (χ2n) is 5.91. The Morgan fingerprint density at radius 3 is 2.62 bits per heavy atom. The van der Waals surface area contributed by atoms with Gasteiger partial charge < -0.3 is 20.3 Å². The number of carbonyl (C=O) groups excluding carboxylic acids is 1. The van der Waals surface area contributed by atoms with Crippen molar-refractivity contribution in [1.29, 1.82) is 0 Å². The van der Waals surface area contributed by atoms with Crippen LogP contribution in [0.25, 0.3) is 0 Å². The van der Waals surface area contributed by atoms with E-state index in [0.717, 1.165) is 24.8 Å². The van der Waals surface area contributed by atoms with Gasteiger partial charge in [0.1, 0.15) is 0 Å². The Hall–Kier alpha value is -1.75. The first kappa shape index (κ1) is 15.6. The number of rotatable bonds is 7. The van der Waals surface area contributed by atoms with Crippen LogP contribution in [0.5, 0.6) is 0 Å². The summed E-state index contributed by atoms with van der Waals surface area (Å²) >= 11 is 0. The molecular weight excluding hydrogens is 266 g/mol. The fraction of sp³-hybridized carbons (Fsp3) is 0.562. The van der Waals surface area contributed by atoms with Gasteiger partial charge in [0, 0.05) is 39.9 Å². The van der Waals surface area contributed by atoms with Crippen LogP contribution >= 0.6 is 0 Å². The van der Waals surface area contributed by atoms with Crippen LogP contribution in [0.4, 0.5) is 11.4 Å².